The molecule has 0 saturated carbocycles. The third kappa shape index (κ3) is 3.87. The van der Waals surface area contributed by atoms with E-state index in [-0.39, 0.29) is 5.91 Å². The van der Waals surface area contributed by atoms with Crippen molar-refractivity contribution in [1.82, 2.24) is 4.90 Å². The molecule has 0 aromatic heterocycles. The number of benzene rings is 3. The van der Waals surface area contributed by atoms with Crippen LogP contribution in [0.4, 0.5) is 0 Å². The maximum absolute atomic E-state index is 12.5. The van der Waals surface area contributed by atoms with E-state index >= 15 is 0 Å². The third-order valence-electron chi connectivity index (χ3n) is 5.06. The van der Waals surface area contributed by atoms with Crippen LogP contribution in [0.5, 0.6) is 17.2 Å². The predicted octanol–water partition coefficient (Wildman–Crippen LogP) is 5.69. The molecule has 7 heteroatoms. The van der Waals surface area contributed by atoms with Gasteiger partial charge in [0.2, 0.25) is 0 Å². The molecule has 30 heavy (non-hydrogen) atoms. The highest BCUT2D eigenvalue weighted by molar-refractivity contribution is 6.45. The molecular weight excluding hydrogens is 425 g/mol. The molecule has 0 aliphatic carbocycles. The van der Waals surface area contributed by atoms with Crippen molar-refractivity contribution < 1.29 is 19.0 Å². The third-order valence-corrected chi connectivity index (χ3v) is 5.87. The van der Waals surface area contributed by atoms with E-state index in [4.69, 9.17) is 37.4 Å². The predicted molar refractivity (Wildman–Crippen MR) is 118 cm³/mol. The van der Waals surface area contributed by atoms with Gasteiger partial charge in [-0.3, -0.25) is 4.79 Å². The fourth-order valence-electron chi connectivity index (χ4n) is 3.42. The summed E-state index contributed by atoms with van der Waals surface area (Å²) < 4.78 is 17.4. The topological polar surface area (TPSA) is 48.0 Å². The molecule has 1 heterocycles. The van der Waals surface area contributed by atoms with Gasteiger partial charge >= 0.3 is 12.2 Å². The molecule has 0 spiro atoms. The van der Waals surface area contributed by atoms with E-state index in [1.807, 2.05) is 50.2 Å². The number of nitrogens with zero attached hydrogens (tertiary/aromatic N) is 1. The number of halogens is 2. The molecule has 1 unspecified atom stereocenters. The van der Waals surface area contributed by atoms with Crippen LogP contribution in [-0.2, 0) is 11.4 Å². The minimum absolute atomic E-state index is 0.180. The van der Waals surface area contributed by atoms with Crippen molar-refractivity contribution >= 4 is 39.9 Å². The molecule has 1 aliphatic heterocycles. The van der Waals surface area contributed by atoms with Crippen molar-refractivity contribution in [3.05, 3.63) is 64.1 Å². The first-order valence-corrected chi connectivity index (χ1v) is 10.5. The van der Waals surface area contributed by atoms with Crippen LogP contribution >= 0.6 is 23.2 Å². The van der Waals surface area contributed by atoms with Gasteiger partial charge in [-0.1, -0.05) is 41.4 Å². The summed E-state index contributed by atoms with van der Waals surface area (Å²) >= 11 is 12.4. The molecule has 0 bridgehead atoms. The smallest absolute Gasteiger partial charge is 0.321 e. The van der Waals surface area contributed by atoms with E-state index in [2.05, 4.69) is 0 Å². The van der Waals surface area contributed by atoms with Crippen molar-refractivity contribution in [3.63, 3.8) is 0 Å². The van der Waals surface area contributed by atoms with Crippen molar-refractivity contribution in [1.29, 1.82) is 0 Å². The second-order valence-corrected chi connectivity index (χ2v) is 7.65. The molecule has 5 nitrogen and oxygen atoms in total. The van der Waals surface area contributed by atoms with Gasteiger partial charge in [0.1, 0.15) is 12.4 Å². The summed E-state index contributed by atoms with van der Waals surface area (Å²) in [7, 11) is 0. The fraction of sp³-hybridized carbons (Fsp3) is 0.261. The fourth-order valence-corrected chi connectivity index (χ4v) is 3.82. The Morgan fingerprint density at radius 3 is 2.53 bits per heavy atom. The summed E-state index contributed by atoms with van der Waals surface area (Å²) in [5.41, 5.74) is 0.894. The van der Waals surface area contributed by atoms with E-state index in [1.54, 1.807) is 17.0 Å². The second-order valence-electron chi connectivity index (χ2n) is 6.86. The summed E-state index contributed by atoms with van der Waals surface area (Å²) in [6.45, 7) is 5.38. The zero-order valence-corrected chi connectivity index (χ0v) is 18.2. The summed E-state index contributed by atoms with van der Waals surface area (Å²) in [5, 5.41) is 2.74. The molecule has 1 atom stereocenters. The molecule has 1 aliphatic rings. The summed E-state index contributed by atoms with van der Waals surface area (Å²) in [5.74, 6) is 1.61. The standard InChI is InChI=1S/C23H21Cl2NO4/c1-3-26(4-2)22(27)23-29-19-11-8-14(12-20(19)30-23)13-28-18-7-5-6-16-15(18)9-10-17(24)21(16)25/h5-12,23H,3-4,13H2,1-2H3. The molecule has 0 radical (unpaired) electrons. The minimum atomic E-state index is -0.943. The maximum Gasteiger partial charge on any atom is 0.321 e. The Morgan fingerprint density at radius 2 is 1.77 bits per heavy atom. The highest BCUT2D eigenvalue weighted by atomic mass is 35.5. The van der Waals surface area contributed by atoms with Gasteiger partial charge in [-0.15, -0.1) is 0 Å². The van der Waals surface area contributed by atoms with Gasteiger partial charge in [-0.25, -0.2) is 0 Å². The Morgan fingerprint density at radius 1 is 1.00 bits per heavy atom. The molecule has 3 aromatic rings. The van der Waals surface area contributed by atoms with Crippen LogP contribution in [0.1, 0.15) is 19.4 Å². The van der Waals surface area contributed by atoms with Crippen LogP contribution in [0.15, 0.2) is 48.5 Å². The zero-order chi connectivity index (χ0) is 21.3. The average molecular weight is 446 g/mol. The van der Waals surface area contributed by atoms with Crippen LogP contribution < -0.4 is 14.2 Å². The van der Waals surface area contributed by atoms with Gasteiger partial charge in [0.25, 0.3) is 0 Å². The Balaban J connectivity index is 1.49. The van der Waals surface area contributed by atoms with Gasteiger partial charge in [-0.05, 0) is 49.7 Å². The van der Waals surface area contributed by atoms with Crippen molar-refractivity contribution in [3.8, 4) is 17.2 Å². The minimum Gasteiger partial charge on any atom is -0.488 e. The number of hydrogen-bond acceptors (Lipinski definition) is 4. The first-order chi connectivity index (χ1) is 14.5. The van der Waals surface area contributed by atoms with Gasteiger partial charge in [0.15, 0.2) is 11.5 Å². The molecule has 0 fully saturated rings. The van der Waals surface area contributed by atoms with Crippen molar-refractivity contribution in [2.75, 3.05) is 13.1 Å². The Labute approximate surface area is 185 Å². The van der Waals surface area contributed by atoms with E-state index in [1.165, 1.54) is 0 Å². The molecule has 0 saturated heterocycles. The van der Waals surface area contributed by atoms with Crippen LogP contribution in [-0.4, -0.2) is 30.2 Å². The van der Waals surface area contributed by atoms with E-state index in [9.17, 15) is 4.79 Å². The molecule has 156 valence electrons. The lowest BCUT2D eigenvalue weighted by atomic mass is 10.1. The van der Waals surface area contributed by atoms with Crippen molar-refractivity contribution in [2.24, 2.45) is 0 Å². The number of carbonyl (C=O) groups excluding carboxylic acids is 1. The van der Waals surface area contributed by atoms with Crippen LogP contribution in [0.2, 0.25) is 10.0 Å². The lowest BCUT2D eigenvalue weighted by molar-refractivity contribution is -0.147. The van der Waals surface area contributed by atoms with E-state index in [0.717, 1.165) is 16.3 Å². The highest BCUT2D eigenvalue weighted by Crippen LogP contribution is 2.37. The summed E-state index contributed by atoms with van der Waals surface area (Å²) in [6.07, 6.45) is -0.943. The number of ether oxygens (including phenoxy) is 3. The lowest BCUT2D eigenvalue weighted by Gasteiger charge is -2.21. The Kier molecular flexibility index (Phi) is 5.93. The van der Waals surface area contributed by atoms with Crippen molar-refractivity contribution in [2.45, 2.75) is 26.7 Å². The average Bonchev–Trinajstić information content (AvgIpc) is 3.19. The SMILES string of the molecule is CCN(CC)C(=O)C1Oc2ccc(COc3cccc4c(Cl)c(Cl)ccc34)cc2O1. The van der Waals surface area contributed by atoms with Crippen LogP contribution in [0, 0.1) is 0 Å². The summed E-state index contributed by atoms with van der Waals surface area (Å²) in [4.78, 5) is 14.2. The van der Waals surface area contributed by atoms with Gasteiger partial charge in [0.05, 0.1) is 10.0 Å². The molecule has 0 N–H and O–H groups in total. The van der Waals surface area contributed by atoms with Gasteiger partial charge < -0.3 is 19.1 Å². The number of rotatable bonds is 6. The quantitative estimate of drug-likeness (QED) is 0.488. The largest absolute Gasteiger partial charge is 0.488 e. The molecule has 4 rings (SSSR count). The highest BCUT2D eigenvalue weighted by Gasteiger charge is 2.33. The van der Waals surface area contributed by atoms with Gasteiger partial charge in [0, 0.05) is 23.9 Å². The Bertz CT molecular complexity index is 1100. The monoisotopic (exact) mass is 445 g/mol. The first-order valence-electron chi connectivity index (χ1n) is 9.76. The Hall–Kier alpha value is -2.63. The number of carbonyl (C=O) groups is 1. The number of likely N-dealkylation sites (N-methyl/N-ethyl adjacent to an activating group) is 1. The first kappa shape index (κ1) is 20.6. The number of amides is 1. The van der Waals surface area contributed by atoms with E-state index < -0.39 is 6.29 Å². The number of hydrogen-bond donors (Lipinski definition) is 0. The second kappa shape index (κ2) is 8.62. The normalized spacial score (nSPS) is 14.7. The molecule has 3 aromatic carbocycles. The lowest BCUT2D eigenvalue weighted by Crippen LogP contribution is -2.42. The summed E-state index contributed by atoms with van der Waals surface area (Å²) in [6, 6.07) is 14.8. The zero-order valence-electron chi connectivity index (χ0n) is 16.7. The van der Waals surface area contributed by atoms with Crippen LogP contribution in [0.3, 0.4) is 0 Å². The number of fused-ring (bicyclic) bond motifs is 2. The maximum atomic E-state index is 12.5. The van der Waals surface area contributed by atoms with Crippen LogP contribution in [0.25, 0.3) is 10.8 Å². The molecule has 1 amide bonds. The van der Waals surface area contributed by atoms with Gasteiger partial charge in [-0.2, -0.15) is 0 Å². The molecular formula is C23H21Cl2NO4. The van der Waals surface area contributed by atoms with E-state index in [0.29, 0.717) is 47.0 Å².